The fourth-order valence-electron chi connectivity index (χ4n) is 2.33. The van der Waals surface area contributed by atoms with Gasteiger partial charge in [-0.3, -0.25) is 0 Å². The molecule has 4 N–H and O–H groups in total. The zero-order chi connectivity index (χ0) is 12.5. The van der Waals surface area contributed by atoms with Gasteiger partial charge in [-0.25, -0.2) is 0 Å². The summed E-state index contributed by atoms with van der Waals surface area (Å²) in [5, 5.41) is 14.0. The zero-order valence-electron chi connectivity index (χ0n) is 11.0. The summed E-state index contributed by atoms with van der Waals surface area (Å²) in [4.78, 5) is 0. The summed E-state index contributed by atoms with van der Waals surface area (Å²) in [6.45, 7) is 6.79. The standard InChI is InChI=1S/C12H26N4S2/c1(11-9-13-3-5-15-11)7-17-18-8-2-12-10-14-4-6-16-12/h11-16H,1-10H2. The van der Waals surface area contributed by atoms with Crippen LogP contribution in [0.1, 0.15) is 12.8 Å². The van der Waals surface area contributed by atoms with Crippen LogP contribution in [0.2, 0.25) is 0 Å². The highest BCUT2D eigenvalue weighted by molar-refractivity contribution is 8.76. The van der Waals surface area contributed by atoms with Crippen molar-refractivity contribution < 1.29 is 0 Å². The van der Waals surface area contributed by atoms with Crippen LogP contribution in [0.25, 0.3) is 0 Å². The van der Waals surface area contributed by atoms with Gasteiger partial charge in [0.2, 0.25) is 0 Å². The molecule has 2 atom stereocenters. The summed E-state index contributed by atoms with van der Waals surface area (Å²) >= 11 is 0. The van der Waals surface area contributed by atoms with Crippen LogP contribution in [0.5, 0.6) is 0 Å². The lowest BCUT2D eigenvalue weighted by atomic mass is 10.2. The fraction of sp³-hybridized carbons (Fsp3) is 1.00. The van der Waals surface area contributed by atoms with Crippen molar-refractivity contribution >= 4 is 21.6 Å². The van der Waals surface area contributed by atoms with E-state index in [9.17, 15) is 0 Å². The molecule has 2 rings (SSSR count). The highest BCUT2D eigenvalue weighted by atomic mass is 33.1. The molecule has 0 aliphatic carbocycles. The molecule has 0 radical (unpaired) electrons. The average molecular weight is 291 g/mol. The van der Waals surface area contributed by atoms with Gasteiger partial charge >= 0.3 is 0 Å². The van der Waals surface area contributed by atoms with Crippen molar-refractivity contribution in [1.82, 2.24) is 21.3 Å². The van der Waals surface area contributed by atoms with Crippen molar-refractivity contribution in [3.63, 3.8) is 0 Å². The van der Waals surface area contributed by atoms with Gasteiger partial charge in [-0.2, -0.15) is 0 Å². The first-order valence-corrected chi connectivity index (χ1v) is 9.56. The highest BCUT2D eigenvalue weighted by Gasteiger charge is 2.12. The van der Waals surface area contributed by atoms with E-state index in [1.165, 1.54) is 24.3 Å². The van der Waals surface area contributed by atoms with E-state index in [1.54, 1.807) is 0 Å². The maximum atomic E-state index is 3.56. The first-order valence-electron chi connectivity index (χ1n) is 7.08. The summed E-state index contributed by atoms with van der Waals surface area (Å²) in [5.74, 6) is 2.53. The predicted molar refractivity (Wildman–Crippen MR) is 83.5 cm³/mol. The third-order valence-corrected chi connectivity index (χ3v) is 5.91. The Morgan fingerprint density at radius 3 is 1.61 bits per heavy atom. The lowest BCUT2D eigenvalue weighted by molar-refractivity contribution is 0.412. The molecule has 6 heteroatoms. The zero-order valence-corrected chi connectivity index (χ0v) is 12.7. The number of hydrogen-bond donors (Lipinski definition) is 4. The van der Waals surface area contributed by atoms with Gasteiger partial charge in [0.15, 0.2) is 0 Å². The Kier molecular flexibility index (Phi) is 7.84. The maximum Gasteiger partial charge on any atom is 0.0201 e. The number of rotatable bonds is 7. The Balaban J connectivity index is 1.39. The van der Waals surface area contributed by atoms with Crippen LogP contribution in [0.3, 0.4) is 0 Å². The lowest BCUT2D eigenvalue weighted by Crippen LogP contribution is -2.48. The molecule has 0 saturated carbocycles. The van der Waals surface area contributed by atoms with E-state index in [4.69, 9.17) is 0 Å². The topological polar surface area (TPSA) is 48.1 Å². The van der Waals surface area contributed by atoms with Gasteiger partial charge in [-0.05, 0) is 12.8 Å². The molecule has 0 aromatic carbocycles. The Morgan fingerprint density at radius 2 is 1.22 bits per heavy atom. The quantitative estimate of drug-likeness (QED) is 0.399. The monoisotopic (exact) mass is 290 g/mol. The summed E-state index contributed by atoms with van der Waals surface area (Å²) in [6.07, 6.45) is 2.57. The minimum absolute atomic E-state index is 0.691. The molecular weight excluding hydrogens is 264 g/mol. The third kappa shape index (κ3) is 6.12. The first kappa shape index (κ1) is 14.9. The van der Waals surface area contributed by atoms with Gasteiger partial charge in [-0.1, -0.05) is 21.6 Å². The van der Waals surface area contributed by atoms with Crippen LogP contribution in [-0.4, -0.2) is 62.9 Å². The molecule has 2 aliphatic heterocycles. The van der Waals surface area contributed by atoms with Gasteiger partial charge in [0.05, 0.1) is 0 Å². The van der Waals surface area contributed by atoms with E-state index in [1.807, 2.05) is 21.6 Å². The van der Waals surface area contributed by atoms with Gasteiger partial charge in [0.1, 0.15) is 0 Å². The van der Waals surface area contributed by atoms with Crippen LogP contribution in [0.4, 0.5) is 0 Å². The van der Waals surface area contributed by atoms with E-state index >= 15 is 0 Å². The molecule has 2 fully saturated rings. The smallest absolute Gasteiger partial charge is 0.0201 e. The molecule has 0 bridgehead atoms. The Morgan fingerprint density at radius 1 is 0.722 bits per heavy atom. The largest absolute Gasteiger partial charge is 0.314 e. The van der Waals surface area contributed by atoms with Crippen molar-refractivity contribution in [2.24, 2.45) is 0 Å². The van der Waals surface area contributed by atoms with Crippen LogP contribution in [-0.2, 0) is 0 Å². The van der Waals surface area contributed by atoms with Gasteiger partial charge < -0.3 is 21.3 Å². The molecule has 4 nitrogen and oxygen atoms in total. The molecule has 0 aromatic rings. The van der Waals surface area contributed by atoms with Crippen LogP contribution >= 0.6 is 21.6 Å². The van der Waals surface area contributed by atoms with Crippen molar-refractivity contribution in [2.45, 2.75) is 24.9 Å². The van der Waals surface area contributed by atoms with E-state index in [0.29, 0.717) is 12.1 Å². The first-order chi connectivity index (χ1) is 8.95. The number of hydrogen-bond acceptors (Lipinski definition) is 6. The molecule has 2 unspecified atom stereocenters. The van der Waals surface area contributed by atoms with E-state index in [2.05, 4.69) is 21.3 Å². The molecule has 0 amide bonds. The third-order valence-electron chi connectivity index (χ3n) is 3.43. The van der Waals surface area contributed by atoms with Crippen molar-refractivity contribution in [3.05, 3.63) is 0 Å². The van der Waals surface area contributed by atoms with Gasteiger partial charge in [-0.15, -0.1) is 0 Å². The number of piperazine rings is 2. The second kappa shape index (κ2) is 9.44. The molecule has 2 aliphatic rings. The Bertz CT molecular complexity index is 184. The lowest BCUT2D eigenvalue weighted by Gasteiger charge is -2.24. The molecule has 0 spiro atoms. The van der Waals surface area contributed by atoms with Crippen molar-refractivity contribution in [1.29, 1.82) is 0 Å². The molecule has 18 heavy (non-hydrogen) atoms. The van der Waals surface area contributed by atoms with Crippen LogP contribution in [0.15, 0.2) is 0 Å². The summed E-state index contributed by atoms with van der Waals surface area (Å²) < 4.78 is 0. The molecular formula is C12H26N4S2. The van der Waals surface area contributed by atoms with Crippen LogP contribution in [0, 0.1) is 0 Å². The van der Waals surface area contributed by atoms with E-state index in [-0.39, 0.29) is 0 Å². The Labute approximate surface area is 119 Å². The molecule has 106 valence electrons. The summed E-state index contributed by atoms with van der Waals surface area (Å²) in [5.41, 5.74) is 0. The second-order valence-electron chi connectivity index (χ2n) is 4.93. The second-order valence-corrected chi connectivity index (χ2v) is 7.63. The fourth-order valence-corrected chi connectivity index (χ4v) is 4.61. The SMILES string of the molecule is C1CNC(CCSSCCC2CNCCN2)CN1. The average Bonchev–Trinajstić information content (AvgIpc) is 2.45. The summed E-state index contributed by atoms with van der Waals surface area (Å²) in [7, 11) is 4.07. The minimum atomic E-state index is 0.691. The molecule has 2 saturated heterocycles. The Hall–Kier alpha value is 0.540. The number of nitrogens with one attached hydrogen (secondary N) is 4. The van der Waals surface area contributed by atoms with Crippen molar-refractivity contribution in [2.75, 3.05) is 50.8 Å². The predicted octanol–water partition coefficient (Wildman–Crippen LogP) is 0.271. The highest BCUT2D eigenvalue weighted by Crippen LogP contribution is 2.23. The minimum Gasteiger partial charge on any atom is -0.314 e. The normalized spacial score (nSPS) is 29.3. The van der Waals surface area contributed by atoms with E-state index in [0.717, 1.165) is 39.3 Å². The molecule has 0 aromatic heterocycles. The van der Waals surface area contributed by atoms with Crippen LogP contribution < -0.4 is 21.3 Å². The maximum absolute atomic E-state index is 3.56. The van der Waals surface area contributed by atoms with E-state index < -0.39 is 0 Å². The van der Waals surface area contributed by atoms with Gasteiger partial charge in [0, 0.05) is 62.9 Å². The van der Waals surface area contributed by atoms with Crippen molar-refractivity contribution in [3.8, 4) is 0 Å². The van der Waals surface area contributed by atoms with Gasteiger partial charge in [0.25, 0.3) is 0 Å². The molecule has 2 heterocycles. The summed E-state index contributed by atoms with van der Waals surface area (Å²) in [6, 6.07) is 1.38.